The number of aryl methyl sites for hydroxylation is 1. The highest BCUT2D eigenvalue weighted by Crippen LogP contribution is 2.33. The normalized spacial score (nSPS) is 20.2. The minimum atomic E-state index is 0.547. The molecule has 0 aromatic carbocycles. The summed E-state index contributed by atoms with van der Waals surface area (Å²) in [5.74, 6) is 1.80. The largest absolute Gasteiger partial charge is 0.357 e. The van der Waals surface area contributed by atoms with Crippen molar-refractivity contribution in [3.05, 3.63) is 10.9 Å². The molecule has 0 bridgehead atoms. The Bertz CT molecular complexity index is 638. The molecule has 1 aliphatic rings. The summed E-state index contributed by atoms with van der Waals surface area (Å²) in [6.07, 6.45) is 1.05. The van der Waals surface area contributed by atoms with Crippen molar-refractivity contribution >= 4 is 33.3 Å². The molecule has 2 aromatic rings. The molecule has 1 unspecified atom stereocenters. The maximum absolute atomic E-state index is 4.74. The average molecular weight is 305 g/mol. The van der Waals surface area contributed by atoms with Crippen molar-refractivity contribution in [2.45, 2.75) is 26.3 Å². The van der Waals surface area contributed by atoms with Crippen LogP contribution in [-0.2, 0) is 6.42 Å². The third-order valence-corrected chi connectivity index (χ3v) is 5.43. The van der Waals surface area contributed by atoms with E-state index in [4.69, 9.17) is 4.98 Å². The van der Waals surface area contributed by atoms with E-state index in [1.54, 1.807) is 11.3 Å². The number of fused-ring (bicyclic) bond motifs is 1. The molecule has 6 heteroatoms. The number of rotatable bonds is 3. The highest BCUT2D eigenvalue weighted by atomic mass is 32.1. The Labute approximate surface area is 130 Å². The summed E-state index contributed by atoms with van der Waals surface area (Å²) < 4.78 is 0. The summed E-state index contributed by atoms with van der Waals surface area (Å²) in [7, 11) is 4.07. The van der Waals surface area contributed by atoms with Crippen molar-refractivity contribution in [3.8, 4) is 0 Å². The van der Waals surface area contributed by atoms with Crippen molar-refractivity contribution < 1.29 is 0 Å². The summed E-state index contributed by atoms with van der Waals surface area (Å²) in [5.41, 5.74) is 0. The van der Waals surface area contributed by atoms with Crippen LogP contribution in [-0.4, -0.2) is 54.6 Å². The second kappa shape index (κ2) is 5.77. The van der Waals surface area contributed by atoms with E-state index in [1.165, 1.54) is 10.3 Å². The highest BCUT2D eigenvalue weighted by Gasteiger charge is 2.24. The first-order chi connectivity index (χ1) is 10.1. The number of nitrogens with one attached hydrogen (secondary N) is 1. The number of anilines is 2. The lowest BCUT2D eigenvalue weighted by Gasteiger charge is -2.38. The Hall–Kier alpha value is -1.40. The van der Waals surface area contributed by atoms with Gasteiger partial charge in [-0.2, -0.15) is 4.98 Å². The molecule has 2 aromatic heterocycles. The van der Waals surface area contributed by atoms with E-state index in [0.29, 0.717) is 12.0 Å². The Morgan fingerprint density at radius 1 is 1.38 bits per heavy atom. The standard InChI is InChI=1S/C15H23N5S/c1-5-11-8-12-13(17-15(16-3)18-14(12)21-11)20-7-6-19(4)10(2)9-20/h8,10H,5-7,9H2,1-4H3,(H,16,17,18). The average Bonchev–Trinajstić information content (AvgIpc) is 2.92. The van der Waals surface area contributed by atoms with Gasteiger partial charge >= 0.3 is 0 Å². The fourth-order valence-electron chi connectivity index (χ4n) is 2.72. The quantitative estimate of drug-likeness (QED) is 0.943. The zero-order valence-electron chi connectivity index (χ0n) is 13.2. The van der Waals surface area contributed by atoms with E-state index in [2.05, 4.69) is 47.1 Å². The van der Waals surface area contributed by atoms with Crippen molar-refractivity contribution in [1.29, 1.82) is 0 Å². The molecule has 3 heterocycles. The Kier molecular flexibility index (Phi) is 3.99. The second-order valence-electron chi connectivity index (χ2n) is 5.68. The minimum Gasteiger partial charge on any atom is -0.357 e. The number of hydrogen-bond donors (Lipinski definition) is 1. The van der Waals surface area contributed by atoms with E-state index in [0.717, 1.165) is 36.7 Å². The third kappa shape index (κ3) is 2.70. The summed E-state index contributed by atoms with van der Waals surface area (Å²) in [5, 5.41) is 4.29. The monoisotopic (exact) mass is 305 g/mol. The van der Waals surface area contributed by atoms with Crippen LogP contribution < -0.4 is 10.2 Å². The van der Waals surface area contributed by atoms with Crippen LogP contribution in [0.4, 0.5) is 11.8 Å². The first-order valence-electron chi connectivity index (χ1n) is 7.55. The van der Waals surface area contributed by atoms with Gasteiger partial charge in [-0.3, -0.25) is 0 Å². The van der Waals surface area contributed by atoms with Gasteiger partial charge in [0, 0.05) is 37.6 Å². The van der Waals surface area contributed by atoms with Gasteiger partial charge in [0.2, 0.25) is 5.95 Å². The van der Waals surface area contributed by atoms with Crippen LogP contribution >= 0.6 is 11.3 Å². The van der Waals surface area contributed by atoms with Crippen LogP contribution in [0.15, 0.2) is 6.07 Å². The van der Waals surface area contributed by atoms with Crippen LogP contribution in [0.5, 0.6) is 0 Å². The summed E-state index contributed by atoms with van der Waals surface area (Å²) in [4.78, 5) is 16.6. The summed E-state index contributed by atoms with van der Waals surface area (Å²) >= 11 is 1.78. The fraction of sp³-hybridized carbons (Fsp3) is 0.600. The molecule has 1 atom stereocenters. The molecular weight excluding hydrogens is 282 g/mol. The van der Waals surface area contributed by atoms with Crippen molar-refractivity contribution in [2.24, 2.45) is 0 Å². The number of nitrogens with zero attached hydrogens (tertiary/aromatic N) is 4. The van der Waals surface area contributed by atoms with Crippen LogP contribution in [0, 0.1) is 0 Å². The molecule has 114 valence electrons. The molecule has 0 saturated carbocycles. The molecule has 1 aliphatic heterocycles. The van der Waals surface area contributed by atoms with E-state index >= 15 is 0 Å². The van der Waals surface area contributed by atoms with Gasteiger partial charge in [0.05, 0.1) is 5.39 Å². The maximum Gasteiger partial charge on any atom is 0.225 e. The number of aromatic nitrogens is 2. The van der Waals surface area contributed by atoms with Gasteiger partial charge in [-0.05, 0) is 26.5 Å². The predicted molar refractivity (Wildman–Crippen MR) is 90.6 cm³/mol. The topological polar surface area (TPSA) is 44.3 Å². The van der Waals surface area contributed by atoms with Crippen LogP contribution in [0.1, 0.15) is 18.7 Å². The van der Waals surface area contributed by atoms with Crippen LogP contribution in [0.3, 0.4) is 0 Å². The predicted octanol–water partition coefficient (Wildman–Crippen LogP) is 2.44. The van der Waals surface area contributed by atoms with Crippen molar-refractivity contribution in [3.63, 3.8) is 0 Å². The smallest absolute Gasteiger partial charge is 0.225 e. The fourth-order valence-corrected chi connectivity index (χ4v) is 3.69. The molecule has 1 saturated heterocycles. The van der Waals surface area contributed by atoms with E-state index in [1.807, 2.05) is 7.05 Å². The third-order valence-electron chi connectivity index (χ3n) is 4.25. The lowest BCUT2D eigenvalue weighted by atomic mass is 10.2. The number of likely N-dealkylation sites (N-methyl/N-ethyl adjacent to an activating group) is 1. The van der Waals surface area contributed by atoms with Crippen molar-refractivity contribution in [2.75, 3.05) is 43.9 Å². The second-order valence-corrected chi connectivity index (χ2v) is 6.80. The molecule has 0 radical (unpaired) electrons. The molecular formula is C15H23N5S. The Morgan fingerprint density at radius 3 is 2.86 bits per heavy atom. The minimum absolute atomic E-state index is 0.547. The molecule has 0 spiro atoms. The van der Waals surface area contributed by atoms with Gasteiger partial charge in [-0.25, -0.2) is 4.98 Å². The molecule has 5 nitrogen and oxygen atoms in total. The summed E-state index contributed by atoms with van der Waals surface area (Å²) in [6.45, 7) is 7.58. The summed E-state index contributed by atoms with van der Waals surface area (Å²) in [6, 6.07) is 2.81. The van der Waals surface area contributed by atoms with E-state index < -0.39 is 0 Å². The van der Waals surface area contributed by atoms with Gasteiger partial charge in [0.25, 0.3) is 0 Å². The van der Waals surface area contributed by atoms with Crippen molar-refractivity contribution in [1.82, 2.24) is 14.9 Å². The zero-order valence-corrected chi connectivity index (χ0v) is 14.0. The number of thiophene rings is 1. The van der Waals surface area contributed by atoms with Crippen LogP contribution in [0.25, 0.3) is 10.2 Å². The van der Waals surface area contributed by atoms with Gasteiger partial charge in [-0.1, -0.05) is 6.92 Å². The van der Waals surface area contributed by atoms with E-state index in [9.17, 15) is 0 Å². The molecule has 1 fully saturated rings. The van der Waals surface area contributed by atoms with E-state index in [-0.39, 0.29) is 0 Å². The first kappa shape index (κ1) is 14.5. The molecule has 0 amide bonds. The highest BCUT2D eigenvalue weighted by molar-refractivity contribution is 7.18. The lowest BCUT2D eigenvalue weighted by Crippen LogP contribution is -2.50. The molecule has 1 N–H and O–H groups in total. The van der Waals surface area contributed by atoms with Gasteiger partial charge in [0.1, 0.15) is 10.6 Å². The number of hydrogen-bond acceptors (Lipinski definition) is 6. The Balaban J connectivity index is 2.05. The number of piperazine rings is 1. The zero-order chi connectivity index (χ0) is 15.0. The van der Waals surface area contributed by atoms with Gasteiger partial charge < -0.3 is 15.1 Å². The van der Waals surface area contributed by atoms with Crippen LogP contribution in [0.2, 0.25) is 0 Å². The molecule has 3 rings (SSSR count). The first-order valence-corrected chi connectivity index (χ1v) is 8.37. The Morgan fingerprint density at radius 2 is 2.19 bits per heavy atom. The molecule has 0 aliphatic carbocycles. The lowest BCUT2D eigenvalue weighted by molar-refractivity contribution is 0.233. The SMILES string of the molecule is CCc1cc2c(N3CCN(C)C(C)C3)nc(NC)nc2s1. The molecule has 21 heavy (non-hydrogen) atoms. The maximum atomic E-state index is 4.74. The van der Waals surface area contributed by atoms with Gasteiger partial charge in [0.15, 0.2) is 0 Å². The van der Waals surface area contributed by atoms with Gasteiger partial charge in [-0.15, -0.1) is 11.3 Å².